The van der Waals surface area contributed by atoms with E-state index in [1.54, 1.807) is 0 Å². The highest BCUT2D eigenvalue weighted by Gasteiger charge is 2.10. The Bertz CT molecular complexity index is 321. The minimum absolute atomic E-state index is 0.383. The lowest BCUT2D eigenvalue weighted by Gasteiger charge is -2.15. The Labute approximate surface area is 110 Å². The number of thioether (sulfide) groups is 1. The van der Waals surface area contributed by atoms with E-state index in [1.807, 2.05) is 18.0 Å². The summed E-state index contributed by atoms with van der Waals surface area (Å²) in [5, 5.41) is 5.13. The second kappa shape index (κ2) is 7.02. The van der Waals surface area contributed by atoms with E-state index in [0.717, 1.165) is 11.6 Å². The fraction of sp³-hybridized carbons (Fsp3) is 0.643. The molecule has 0 bridgehead atoms. The third-order valence-corrected chi connectivity index (χ3v) is 4.41. The highest BCUT2D eigenvalue weighted by Crippen LogP contribution is 2.26. The van der Waals surface area contributed by atoms with Gasteiger partial charge in [-0.15, -0.1) is 11.8 Å². The van der Waals surface area contributed by atoms with Gasteiger partial charge in [-0.3, -0.25) is 0 Å². The first-order valence-corrected chi connectivity index (χ1v) is 7.28. The molecule has 2 nitrogen and oxygen atoms in total. The molecule has 96 valence electrons. The van der Waals surface area contributed by atoms with Gasteiger partial charge < -0.3 is 5.32 Å². The molecule has 2 atom stereocenters. The van der Waals surface area contributed by atoms with Crippen molar-refractivity contribution in [2.45, 2.75) is 50.9 Å². The smallest absolute Gasteiger partial charge is 0.0962 e. The summed E-state index contributed by atoms with van der Waals surface area (Å²) in [6, 6.07) is 4.69. The van der Waals surface area contributed by atoms with E-state index in [9.17, 15) is 0 Å². The zero-order valence-electron chi connectivity index (χ0n) is 11.5. The highest BCUT2D eigenvalue weighted by molar-refractivity contribution is 7.99. The summed E-state index contributed by atoms with van der Waals surface area (Å²) in [6.45, 7) is 12.0. The molecule has 0 fully saturated rings. The molecule has 0 saturated carbocycles. The molecule has 0 saturated heterocycles. The van der Waals surface area contributed by atoms with Gasteiger partial charge in [0.2, 0.25) is 0 Å². The molecule has 1 N–H and O–H groups in total. The lowest BCUT2D eigenvalue weighted by molar-refractivity contribution is 0.595. The number of pyridine rings is 1. The molecule has 0 aromatic carbocycles. The number of nitrogens with one attached hydrogen (secondary N) is 1. The standard InChI is InChI=1S/C14H24N2S/c1-6-15-11(4)13-7-8-14(16-9-13)17-12(5)10(2)3/h7-12,15H,6H2,1-5H3. The number of hydrogen-bond donors (Lipinski definition) is 1. The van der Waals surface area contributed by atoms with Crippen molar-refractivity contribution in [1.29, 1.82) is 0 Å². The van der Waals surface area contributed by atoms with E-state index in [0.29, 0.717) is 17.2 Å². The summed E-state index contributed by atoms with van der Waals surface area (Å²) in [4.78, 5) is 4.53. The molecule has 2 unspecified atom stereocenters. The second-order valence-corrected chi connectivity index (χ2v) is 6.17. The molecule has 0 aliphatic rings. The largest absolute Gasteiger partial charge is 0.310 e. The van der Waals surface area contributed by atoms with Gasteiger partial charge >= 0.3 is 0 Å². The first-order valence-electron chi connectivity index (χ1n) is 6.40. The van der Waals surface area contributed by atoms with Gasteiger partial charge in [0.15, 0.2) is 0 Å². The SMILES string of the molecule is CCNC(C)c1ccc(SC(C)C(C)C)nc1. The van der Waals surface area contributed by atoms with Crippen LogP contribution in [0.5, 0.6) is 0 Å². The van der Waals surface area contributed by atoms with Gasteiger partial charge in [0.05, 0.1) is 5.03 Å². The maximum atomic E-state index is 4.53. The predicted molar refractivity (Wildman–Crippen MR) is 76.5 cm³/mol. The summed E-state index contributed by atoms with van der Waals surface area (Å²) in [7, 11) is 0. The Morgan fingerprint density at radius 1 is 1.24 bits per heavy atom. The van der Waals surface area contributed by atoms with Gasteiger partial charge in [0, 0.05) is 17.5 Å². The van der Waals surface area contributed by atoms with E-state index in [1.165, 1.54) is 5.56 Å². The molecule has 0 aliphatic carbocycles. The Hall–Kier alpha value is -0.540. The van der Waals surface area contributed by atoms with Crippen LogP contribution in [0.15, 0.2) is 23.4 Å². The van der Waals surface area contributed by atoms with Crippen molar-refractivity contribution in [2.75, 3.05) is 6.54 Å². The minimum atomic E-state index is 0.383. The monoisotopic (exact) mass is 252 g/mol. The van der Waals surface area contributed by atoms with Gasteiger partial charge in [-0.05, 0) is 31.0 Å². The number of hydrogen-bond acceptors (Lipinski definition) is 3. The number of aromatic nitrogens is 1. The van der Waals surface area contributed by atoms with Crippen LogP contribution in [0.1, 0.15) is 46.2 Å². The van der Waals surface area contributed by atoms with E-state index >= 15 is 0 Å². The topological polar surface area (TPSA) is 24.9 Å². The first-order chi connectivity index (χ1) is 8.04. The van der Waals surface area contributed by atoms with Crippen LogP contribution in [-0.4, -0.2) is 16.8 Å². The lowest BCUT2D eigenvalue weighted by atomic mass is 10.1. The Balaban J connectivity index is 2.61. The van der Waals surface area contributed by atoms with Crippen molar-refractivity contribution in [1.82, 2.24) is 10.3 Å². The van der Waals surface area contributed by atoms with Crippen molar-refractivity contribution in [2.24, 2.45) is 5.92 Å². The Morgan fingerprint density at radius 3 is 2.41 bits per heavy atom. The quantitative estimate of drug-likeness (QED) is 0.778. The van der Waals surface area contributed by atoms with Gasteiger partial charge in [0.25, 0.3) is 0 Å². The van der Waals surface area contributed by atoms with E-state index in [2.05, 4.69) is 57.1 Å². The molecule has 0 radical (unpaired) electrons. The summed E-state index contributed by atoms with van der Waals surface area (Å²) in [5.74, 6) is 0.683. The normalized spacial score (nSPS) is 14.9. The lowest BCUT2D eigenvalue weighted by Crippen LogP contribution is -2.17. The van der Waals surface area contributed by atoms with Crippen LogP contribution in [0.2, 0.25) is 0 Å². The maximum absolute atomic E-state index is 4.53. The molecule has 0 amide bonds. The zero-order chi connectivity index (χ0) is 12.8. The van der Waals surface area contributed by atoms with Crippen molar-refractivity contribution in [3.63, 3.8) is 0 Å². The average molecular weight is 252 g/mol. The predicted octanol–water partition coefficient (Wildman–Crippen LogP) is 3.89. The molecular weight excluding hydrogens is 228 g/mol. The van der Waals surface area contributed by atoms with Gasteiger partial charge in [-0.25, -0.2) is 4.98 Å². The molecule has 1 aromatic heterocycles. The molecule has 1 rings (SSSR count). The van der Waals surface area contributed by atoms with Gasteiger partial charge in [-0.2, -0.15) is 0 Å². The minimum Gasteiger partial charge on any atom is -0.310 e. The number of nitrogens with zero attached hydrogens (tertiary/aromatic N) is 1. The number of rotatable bonds is 6. The van der Waals surface area contributed by atoms with Crippen molar-refractivity contribution in [3.8, 4) is 0 Å². The Kier molecular flexibility index (Phi) is 6.00. The zero-order valence-corrected chi connectivity index (χ0v) is 12.3. The van der Waals surface area contributed by atoms with Crippen LogP contribution >= 0.6 is 11.8 Å². The van der Waals surface area contributed by atoms with Crippen molar-refractivity contribution < 1.29 is 0 Å². The summed E-state index contributed by atoms with van der Waals surface area (Å²) < 4.78 is 0. The van der Waals surface area contributed by atoms with Crippen molar-refractivity contribution in [3.05, 3.63) is 23.9 Å². The molecule has 1 heterocycles. The van der Waals surface area contributed by atoms with Crippen LogP contribution in [0.25, 0.3) is 0 Å². The fourth-order valence-corrected chi connectivity index (χ4v) is 2.38. The molecule has 1 aromatic rings. The van der Waals surface area contributed by atoms with Gasteiger partial charge in [0.1, 0.15) is 0 Å². The van der Waals surface area contributed by atoms with Crippen LogP contribution in [0, 0.1) is 5.92 Å². The van der Waals surface area contributed by atoms with E-state index in [4.69, 9.17) is 0 Å². The third kappa shape index (κ3) is 4.68. The molecule has 17 heavy (non-hydrogen) atoms. The molecular formula is C14H24N2S. The van der Waals surface area contributed by atoms with Crippen LogP contribution in [0.4, 0.5) is 0 Å². The summed E-state index contributed by atoms with van der Waals surface area (Å²) in [6.07, 6.45) is 1.99. The maximum Gasteiger partial charge on any atom is 0.0962 e. The van der Waals surface area contributed by atoms with Crippen LogP contribution < -0.4 is 5.32 Å². The van der Waals surface area contributed by atoms with E-state index < -0.39 is 0 Å². The van der Waals surface area contributed by atoms with E-state index in [-0.39, 0.29) is 0 Å². The molecule has 0 aliphatic heterocycles. The first kappa shape index (κ1) is 14.5. The average Bonchev–Trinajstić information content (AvgIpc) is 2.30. The van der Waals surface area contributed by atoms with Crippen LogP contribution in [-0.2, 0) is 0 Å². The molecule has 3 heteroatoms. The fourth-order valence-electron chi connectivity index (χ4n) is 1.47. The summed E-state index contributed by atoms with van der Waals surface area (Å²) >= 11 is 1.85. The molecule has 0 spiro atoms. The van der Waals surface area contributed by atoms with Crippen LogP contribution in [0.3, 0.4) is 0 Å². The third-order valence-electron chi connectivity index (χ3n) is 3.02. The van der Waals surface area contributed by atoms with Crippen molar-refractivity contribution >= 4 is 11.8 Å². The second-order valence-electron chi connectivity index (χ2n) is 4.78. The highest BCUT2D eigenvalue weighted by atomic mass is 32.2. The van der Waals surface area contributed by atoms with Gasteiger partial charge in [-0.1, -0.05) is 33.8 Å². The summed E-state index contributed by atoms with van der Waals surface area (Å²) in [5.41, 5.74) is 1.26. The Morgan fingerprint density at radius 2 is 1.94 bits per heavy atom.